The number of fused-ring (bicyclic) bond motifs is 3. The molecule has 11 heteroatoms. The molecule has 0 saturated heterocycles. The highest BCUT2D eigenvalue weighted by atomic mass is 35.5. The molecule has 0 N–H and O–H groups in total. The maximum atomic E-state index is 14.2. The molecule has 4 aromatic rings. The number of methoxy groups -OCH3 is 3. The summed E-state index contributed by atoms with van der Waals surface area (Å²) in [6, 6.07) is 11.5. The first-order valence-electron chi connectivity index (χ1n) is 12.3. The van der Waals surface area contributed by atoms with E-state index in [0.29, 0.717) is 41.6 Å². The number of nitrogens with zero attached hydrogens (tertiary/aromatic N) is 3. The second-order valence-electron chi connectivity index (χ2n) is 8.86. The molecule has 0 unspecified atom stereocenters. The first-order valence-corrected chi connectivity index (χ1v) is 14.4. The van der Waals surface area contributed by atoms with Crippen molar-refractivity contribution in [2.45, 2.75) is 36.4 Å². The van der Waals surface area contributed by atoms with E-state index in [2.05, 4.69) is 9.97 Å². The lowest BCUT2D eigenvalue weighted by atomic mass is 10.0. The maximum absolute atomic E-state index is 14.2. The van der Waals surface area contributed by atoms with E-state index in [9.17, 15) is 9.18 Å². The van der Waals surface area contributed by atoms with E-state index in [0.717, 1.165) is 32.4 Å². The van der Waals surface area contributed by atoms with Crippen LogP contribution in [-0.4, -0.2) is 41.8 Å². The summed E-state index contributed by atoms with van der Waals surface area (Å²) < 4.78 is 32.3. The fourth-order valence-electron chi connectivity index (χ4n) is 4.81. The van der Waals surface area contributed by atoms with Crippen LogP contribution >= 0.6 is 34.7 Å². The minimum absolute atomic E-state index is 0.121. The van der Waals surface area contributed by atoms with Crippen molar-refractivity contribution < 1.29 is 23.4 Å². The van der Waals surface area contributed by atoms with Gasteiger partial charge in [-0.15, -0.1) is 23.1 Å². The molecule has 0 bridgehead atoms. The van der Waals surface area contributed by atoms with Crippen molar-refractivity contribution in [2.24, 2.45) is 0 Å². The van der Waals surface area contributed by atoms with E-state index in [4.69, 9.17) is 25.8 Å². The average molecular weight is 588 g/mol. The Bertz CT molecular complexity index is 1490. The van der Waals surface area contributed by atoms with Crippen LogP contribution in [0.25, 0.3) is 5.69 Å². The number of alkyl halides is 1. The second kappa shape index (κ2) is 12.0. The number of aryl methyl sites for hydroxylation is 1. The molecule has 2 aromatic heterocycles. The number of rotatable bonds is 9. The van der Waals surface area contributed by atoms with Crippen LogP contribution in [0, 0.1) is 0 Å². The monoisotopic (exact) mass is 587 g/mol. The number of carbonyl (C=O) groups excluding carboxylic acids is 1. The van der Waals surface area contributed by atoms with E-state index in [1.165, 1.54) is 7.11 Å². The Morgan fingerprint density at radius 1 is 1.10 bits per heavy atom. The van der Waals surface area contributed by atoms with Gasteiger partial charge in [0.1, 0.15) is 12.5 Å². The van der Waals surface area contributed by atoms with Gasteiger partial charge in [0.2, 0.25) is 0 Å². The molecule has 2 aromatic carbocycles. The lowest BCUT2D eigenvalue weighted by Gasteiger charge is -2.24. The number of hydrogen-bond donors (Lipinski definition) is 0. The molecule has 1 aliphatic heterocycles. The van der Waals surface area contributed by atoms with E-state index >= 15 is 0 Å². The Labute approximate surface area is 239 Å². The molecule has 0 saturated carbocycles. The molecular weight excluding hydrogens is 561 g/mol. The minimum atomic E-state index is -0.707. The molecule has 0 amide bonds. The van der Waals surface area contributed by atoms with E-state index in [-0.39, 0.29) is 16.5 Å². The van der Waals surface area contributed by atoms with Gasteiger partial charge in [-0.05, 0) is 36.2 Å². The number of halogens is 2. The summed E-state index contributed by atoms with van der Waals surface area (Å²) in [6.07, 6.45) is 5.03. The average Bonchev–Trinajstić information content (AvgIpc) is 3.57. The highest BCUT2D eigenvalue weighted by Gasteiger charge is 2.35. The van der Waals surface area contributed by atoms with Crippen LogP contribution in [0.15, 0.2) is 48.8 Å². The predicted octanol–water partition coefficient (Wildman–Crippen LogP) is 6.69. The van der Waals surface area contributed by atoms with Crippen LogP contribution in [0.1, 0.15) is 49.5 Å². The summed E-state index contributed by atoms with van der Waals surface area (Å²) in [6.45, 7) is -0.707. The van der Waals surface area contributed by atoms with Crippen molar-refractivity contribution in [3.05, 3.63) is 86.3 Å². The number of carbonyl (C=O) groups is 1. The van der Waals surface area contributed by atoms with Crippen molar-refractivity contribution in [2.75, 3.05) is 21.3 Å². The van der Waals surface area contributed by atoms with Crippen LogP contribution in [-0.2, 0) is 29.0 Å². The number of benzene rings is 2. The summed E-state index contributed by atoms with van der Waals surface area (Å²) in [4.78, 5) is 21.7. The van der Waals surface area contributed by atoms with Crippen molar-refractivity contribution in [1.82, 2.24) is 14.5 Å². The molecule has 39 heavy (non-hydrogen) atoms. The SMILES string of the molecule is COC(=O)CCc1cnc(C[C@H]2S[C@H](c3cccc(OC)c3OC)c3cc(Cl)ccc3-n3c2cnc3CF)s1. The van der Waals surface area contributed by atoms with E-state index in [1.54, 1.807) is 43.5 Å². The third-order valence-electron chi connectivity index (χ3n) is 6.61. The smallest absolute Gasteiger partial charge is 0.305 e. The van der Waals surface area contributed by atoms with Gasteiger partial charge in [-0.2, -0.15) is 0 Å². The summed E-state index contributed by atoms with van der Waals surface area (Å²) in [5, 5.41) is 1.17. The number of thiazole rings is 1. The van der Waals surface area contributed by atoms with Gasteiger partial charge in [-0.3, -0.25) is 9.36 Å². The van der Waals surface area contributed by atoms with E-state index < -0.39 is 6.67 Å². The third-order valence-corrected chi connectivity index (χ3v) is 9.44. The lowest BCUT2D eigenvalue weighted by molar-refractivity contribution is -0.140. The molecular formula is C28H27ClFN3O4S2. The number of imidazole rings is 1. The van der Waals surface area contributed by atoms with Gasteiger partial charge in [0.05, 0.1) is 60.8 Å². The summed E-state index contributed by atoms with van der Waals surface area (Å²) in [7, 11) is 4.62. The van der Waals surface area contributed by atoms with Gasteiger partial charge >= 0.3 is 5.97 Å². The molecule has 0 fully saturated rings. The van der Waals surface area contributed by atoms with Gasteiger partial charge < -0.3 is 14.2 Å². The highest BCUT2D eigenvalue weighted by molar-refractivity contribution is 8.00. The summed E-state index contributed by atoms with van der Waals surface area (Å²) in [5.41, 5.74) is 3.55. The molecule has 7 nitrogen and oxygen atoms in total. The number of thioether (sulfide) groups is 1. The topological polar surface area (TPSA) is 75.5 Å². The molecule has 3 heterocycles. The molecule has 0 aliphatic carbocycles. The Morgan fingerprint density at radius 2 is 1.95 bits per heavy atom. The van der Waals surface area contributed by atoms with Crippen molar-refractivity contribution in [1.29, 1.82) is 0 Å². The predicted molar refractivity (Wildman–Crippen MR) is 151 cm³/mol. The molecule has 0 spiro atoms. The van der Waals surface area contributed by atoms with Crippen molar-refractivity contribution in [3.8, 4) is 17.2 Å². The van der Waals surface area contributed by atoms with Gasteiger partial charge in [0, 0.05) is 28.1 Å². The Balaban J connectivity index is 1.61. The standard InChI is InChI=1S/C28H27ClFN3O4S2/c1-35-22-6-4-5-18(27(22)37-3)28-19-11-16(29)7-9-20(19)33-21(15-31-24(33)13-30)23(39-28)12-25-32-14-17(38-25)8-10-26(34)36-2/h4-7,9,11,14-15,23,28H,8,10,12-13H2,1-3H3/t23-,28-/m1/s1. The third kappa shape index (κ3) is 5.50. The van der Waals surface area contributed by atoms with Crippen LogP contribution in [0.4, 0.5) is 4.39 Å². The number of esters is 1. The van der Waals surface area contributed by atoms with Crippen LogP contribution < -0.4 is 9.47 Å². The number of hydrogen-bond acceptors (Lipinski definition) is 8. The van der Waals surface area contributed by atoms with Gasteiger partial charge in [0.15, 0.2) is 11.5 Å². The summed E-state index contributed by atoms with van der Waals surface area (Å²) >= 11 is 9.80. The van der Waals surface area contributed by atoms with Crippen molar-refractivity contribution >= 4 is 40.7 Å². The number of para-hydroxylation sites is 1. The molecule has 2 atom stereocenters. The number of aromatic nitrogens is 3. The fourth-order valence-corrected chi connectivity index (χ4v) is 7.62. The molecule has 1 aliphatic rings. The van der Waals surface area contributed by atoms with Gasteiger partial charge in [0.25, 0.3) is 0 Å². The van der Waals surface area contributed by atoms with Crippen LogP contribution in [0.5, 0.6) is 11.5 Å². The largest absolute Gasteiger partial charge is 0.493 e. The normalized spacial score (nSPS) is 16.2. The first kappa shape index (κ1) is 27.5. The Kier molecular flexibility index (Phi) is 8.44. The summed E-state index contributed by atoms with van der Waals surface area (Å²) in [5.74, 6) is 1.34. The second-order valence-corrected chi connectivity index (χ2v) is 11.8. The quantitative estimate of drug-likeness (QED) is 0.202. The zero-order valence-corrected chi connectivity index (χ0v) is 24.0. The van der Waals surface area contributed by atoms with Crippen LogP contribution in [0.2, 0.25) is 5.02 Å². The molecule has 204 valence electrons. The Hall–Kier alpha value is -3.08. The molecule has 0 radical (unpaired) electrons. The highest BCUT2D eigenvalue weighted by Crippen LogP contribution is 2.54. The molecule has 5 rings (SSSR count). The zero-order chi connectivity index (χ0) is 27.5. The van der Waals surface area contributed by atoms with Gasteiger partial charge in [-0.1, -0.05) is 23.7 Å². The first-order chi connectivity index (χ1) is 19.0. The lowest BCUT2D eigenvalue weighted by Crippen LogP contribution is -2.07. The zero-order valence-electron chi connectivity index (χ0n) is 21.6. The van der Waals surface area contributed by atoms with Crippen LogP contribution in [0.3, 0.4) is 0 Å². The van der Waals surface area contributed by atoms with Crippen molar-refractivity contribution in [3.63, 3.8) is 0 Å². The maximum Gasteiger partial charge on any atom is 0.305 e. The Morgan fingerprint density at radius 3 is 2.69 bits per heavy atom. The van der Waals surface area contributed by atoms with Gasteiger partial charge in [-0.25, -0.2) is 14.4 Å². The number of ether oxygens (including phenoxy) is 3. The fraction of sp³-hybridized carbons (Fsp3) is 0.321. The van der Waals surface area contributed by atoms with E-state index in [1.807, 2.05) is 47.2 Å². The minimum Gasteiger partial charge on any atom is -0.493 e.